The quantitative estimate of drug-likeness (QED) is 0.788. The molecule has 2 unspecified atom stereocenters. The molecule has 4 heterocycles. The molecule has 2 bridgehead atoms. The lowest BCUT2D eigenvalue weighted by Crippen LogP contribution is -2.54. The SMILES string of the molecule is C=C[C@@H]1CN2CCC1C[C@H]2[C@@H](O)c1ccnc2ccc(OC)cc12.CC(=O)O. The van der Waals surface area contributed by atoms with E-state index in [1.807, 2.05) is 24.3 Å². The summed E-state index contributed by atoms with van der Waals surface area (Å²) in [7, 11) is 1.66. The Hall–Kier alpha value is -2.44. The summed E-state index contributed by atoms with van der Waals surface area (Å²) in [5.41, 5.74) is 1.85. The predicted molar refractivity (Wildman–Crippen MR) is 108 cm³/mol. The number of hydrogen-bond acceptors (Lipinski definition) is 5. The number of fused-ring (bicyclic) bond motifs is 4. The minimum Gasteiger partial charge on any atom is -0.497 e. The summed E-state index contributed by atoms with van der Waals surface area (Å²) in [5.74, 6) is 1.17. The minimum absolute atomic E-state index is 0.178. The topological polar surface area (TPSA) is 82.9 Å². The van der Waals surface area contributed by atoms with E-state index in [0.29, 0.717) is 11.8 Å². The van der Waals surface area contributed by atoms with E-state index in [1.165, 1.54) is 6.42 Å². The summed E-state index contributed by atoms with van der Waals surface area (Å²) in [6.07, 6.45) is 5.62. The fraction of sp³-hybridized carbons (Fsp3) is 0.455. The van der Waals surface area contributed by atoms with Crippen LogP contribution < -0.4 is 4.74 Å². The molecule has 6 heteroatoms. The van der Waals surface area contributed by atoms with E-state index in [-0.39, 0.29) is 6.04 Å². The van der Waals surface area contributed by atoms with E-state index in [4.69, 9.17) is 14.6 Å². The molecule has 1 aromatic heterocycles. The number of nitrogens with zero attached hydrogens (tertiary/aromatic N) is 2. The zero-order valence-electron chi connectivity index (χ0n) is 16.4. The first-order valence-electron chi connectivity index (χ1n) is 9.61. The van der Waals surface area contributed by atoms with Crippen molar-refractivity contribution in [1.29, 1.82) is 0 Å². The molecule has 2 aromatic rings. The minimum atomic E-state index is -0.833. The Bertz CT molecular complexity index is 850. The zero-order valence-corrected chi connectivity index (χ0v) is 16.4. The average Bonchev–Trinajstić information content (AvgIpc) is 2.72. The van der Waals surface area contributed by atoms with Gasteiger partial charge >= 0.3 is 0 Å². The summed E-state index contributed by atoms with van der Waals surface area (Å²) in [5, 5.41) is 19.5. The molecule has 150 valence electrons. The van der Waals surface area contributed by atoms with E-state index in [1.54, 1.807) is 13.3 Å². The van der Waals surface area contributed by atoms with Crippen molar-refractivity contribution in [2.24, 2.45) is 11.8 Å². The molecule has 6 nitrogen and oxygen atoms in total. The molecule has 0 spiro atoms. The lowest BCUT2D eigenvalue weighted by Gasteiger charge is -2.50. The van der Waals surface area contributed by atoms with Gasteiger partial charge in [-0.05, 0) is 61.1 Å². The van der Waals surface area contributed by atoms with Crippen molar-refractivity contribution < 1.29 is 19.7 Å². The second-order valence-corrected chi connectivity index (χ2v) is 7.49. The highest BCUT2D eigenvalue weighted by molar-refractivity contribution is 5.83. The van der Waals surface area contributed by atoms with Crippen molar-refractivity contribution in [1.82, 2.24) is 9.88 Å². The Balaban J connectivity index is 0.000000516. The van der Waals surface area contributed by atoms with E-state index < -0.39 is 12.1 Å². The lowest BCUT2D eigenvalue weighted by molar-refractivity contribution is -0.134. The molecule has 5 atom stereocenters. The first-order chi connectivity index (χ1) is 13.4. The van der Waals surface area contributed by atoms with Gasteiger partial charge in [0.15, 0.2) is 0 Å². The third kappa shape index (κ3) is 4.18. The second kappa shape index (κ2) is 8.71. The predicted octanol–water partition coefficient (Wildman–Crippen LogP) is 3.26. The summed E-state index contributed by atoms with van der Waals surface area (Å²) >= 11 is 0. The van der Waals surface area contributed by atoms with Gasteiger partial charge in [-0.1, -0.05) is 6.08 Å². The Morgan fingerprint density at radius 3 is 2.79 bits per heavy atom. The first kappa shape index (κ1) is 20.3. The van der Waals surface area contributed by atoms with Crippen LogP contribution in [-0.2, 0) is 4.79 Å². The van der Waals surface area contributed by atoms with Gasteiger partial charge in [0.25, 0.3) is 5.97 Å². The van der Waals surface area contributed by atoms with Crippen molar-refractivity contribution >= 4 is 16.9 Å². The molecule has 2 N–H and O–H groups in total. The number of carboxylic acids is 1. The fourth-order valence-corrected chi connectivity index (χ4v) is 4.44. The van der Waals surface area contributed by atoms with Crippen molar-refractivity contribution in [3.05, 3.63) is 48.7 Å². The van der Waals surface area contributed by atoms with Crippen LogP contribution in [0, 0.1) is 11.8 Å². The fourth-order valence-electron chi connectivity index (χ4n) is 4.44. The molecule has 3 fully saturated rings. The molecule has 0 saturated carbocycles. The highest BCUT2D eigenvalue weighted by Gasteiger charge is 2.42. The molecular formula is C22H28N2O4. The molecule has 0 radical (unpaired) electrons. The molecule has 1 aromatic carbocycles. The summed E-state index contributed by atoms with van der Waals surface area (Å²) in [6, 6.07) is 7.96. The highest BCUT2D eigenvalue weighted by Crippen LogP contribution is 2.42. The van der Waals surface area contributed by atoms with Crippen LogP contribution in [0.1, 0.15) is 31.4 Å². The standard InChI is InChI=1S/C20H24N2O2.C2H4O2/c1-3-13-12-22-9-7-14(13)10-19(22)20(23)16-6-8-21-18-5-4-15(24-2)11-17(16)18;1-2(3)4/h3-6,8,11,13-14,19-20,23H,1,7,9-10,12H2,2H3;1H3,(H,3,4)/t13-,14?,19+,20+;/m1./s1. The van der Waals surface area contributed by atoms with Gasteiger partial charge in [-0.2, -0.15) is 0 Å². The molecule has 0 aliphatic carbocycles. The van der Waals surface area contributed by atoms with E-state index >= 15 is 0 Å². The maximum atomic E-state index is 11.2. The monoisotopic (exact) mass is 384 g/mol. The van der Waals surface area contributed by atoms with Crippen LogP contribution in [0.5, 0.6) is 5.75 Å². The summed E-state index contributed by atoms with van der Waals surface area (Å²) in [6.45, 7) is 7.15. The highest BCUT2D eigenvalue weighted by atomic mass is 16.5. The van der Waals surface area contributed by atoms with Gasteiger partial charge < -0.3 is 14.9 Å². The number of aromatic nitrogens is 1. The normalized spacial score (nSPS) is 26.8. The number of rotatable bonds is 4. The van der Waals surface area contributed by atoms with Gasteiger partial charge in [-0.25, -0.2) is 0 Å². The Labute approximate surface area is 165 Å². The van der Waals surface area contributed by atoms with Crippen LogP contribution in [0.4, 0.5) is 0 Å². The number of hydrogen-bond donors (Lipinski definition) is 2. The summed E-state index contributed by atoms with van der Waals surface area (Å²) < 4.78 is 5.35. The van der Waals surface area contributed by atoms with Crippen LogP contribution in [0.15, 0.2) is 43.1 Å². The van der Waals surface area contributed by atoms with Gasteiger partial charge in [0.1, 0.15) is 5.75 Å². The van der Waals surface area contributed by atoms with Gasteiger partial charge in [0, 0.05) is 31.1 Å². The number of methoxy groups -OCH3 is 1. The Morgan fingerprint density at radius 1 is 1.43 bits per heavy atom. The van der Waals surface area contributed by atoms with Crippen LogP contribution >= 0.6 is 0 Å². The largest absolute Gasteiger partial charge is 0.497 e. The van der Waals surface area contributed by atoms with E-state index in [2.05, 4.69) is 22.5 Å². The Morgan fingerprint density at radius 2 is 2.18 bits per heavy atom. The van der Waals surface area contributed by atoms with E-state index in [9.17, 15) is 5.11 Å². The molecular weight excluding hydrogens is 356 g/mol. The maximum Gasteiger partial charge on any atom is 0.300 e. The molecule has 3 saturated heterocycles. The van der Waals surface area contributed by atoms with Gasteiger partial charge in [-0.15, -0.1) is 6.58 Å². The van der Waals surface area contributed by atoms with Gasteiger partial charge in [0.2, 0.25) is 0 Å². The first-order valence-corrected chi connectivity index (χ1v) is 9.61. The van der Waals surface area contributed by atoms with Crippen molar-refractivity contribution in [2.75, 3.05) is 20.2 Å². The number of benzene rings is 1. The number of aliphatic carboxylic acids is 1. The van der Waals surface area contributed by atoms with Crippen LogP contribution in [-0.4, -0.2) is 52.3 Å². The van der Waals surface area contributed by atoms with Crippen LogP contribution in [0.3, 0.4) is 0 Å². The zero-order chi connectivity index (χ0) is 20.3. The molecule has 5 rings (SSSR count). The smallest absolute Gasteiger partial charge is 0.300 e. The molecule has 0 amide bonds. The average molecular weight is 384 g/mol. The molecule has 3 aliphatic rings. The number of ether oxygens (including phenoxy) is 1. The van der Waals surface area contributed by atoms with Gasteiger partial charge in [-0.3, -0.25) is 14.7 Å². The van der Waals surface area contributed by atoms with Crippen molar-refractivity contribution in [2.45, 2.75) is 31.9 Å². The number of carboxylic acid groups (broad SMARTS) is 1. The van der Waals surface area contributed by atoms with Crippen LogP contribution in [0.2, 0.25) is 0 Å². The third-order valence-electron chi connectivity index (χ3n) is 5.82. The van der Waals surface area contributed by atoms with E-state index in [0.717, 1.165) is 48.6 Å². The summed E-state index contributed by atoms with van der Waals surface area (Å²) in [4.78, 5) is 15.9. The maximum absolute atomic E-state index is 11.2. The number of aliphatic hydroxyl groups is 1. The van der Waals surface area contributed by atoms with Crippen LogP contribution in [0.25, 0.3) is 10.9 Å². The number of pyridine rings is 1. The van der Waals surface area contributed by atoms with Gasteiger partial charge in [0.05, 0.1) is 18.7 Å². The number of carbonyl (C=O) groups is 1. The number of aliphatic hydroxyl groups excluding tert-OH is 1. The Kier molecular flexibility index (Phi) is 6.31. The molecule has 28 heavy (non-hydrogen) atoms. The molecule has 3 aliphatic heterocycles. The second-order valence-electron chi connectivity index (χ2n) is 7.49. The lowest BCUT2D eigenvalue weighted by atomic mass is 9.73. The number of piperidine rings is 3. The van der Waals surface area contributed by atoms with Crippen molar-refractivity contribution in [3.63, 3.8) is 0 Å². The van der Waals surface area contributed by atoms with Crippen molar-refractivity contribution in [3.8, 4) is 5.75 Å². The third-order valence-corrected chi connectivity index (χ3v) is 5.82.